The number of rotatable bonds is 0. The molecule has 0 spiro atoms. The molecule has 0 saturated carbocycles. The number of nitrogens with zero attached hydrogens (tertiary/aromatic N) is 2. The standard InChI is InChI=1S/C10H10N2O/c1-9-3-4-10(2,13-9)8(6-12)7(9)5-11/h3-4,7-8H,1-2H3/t7-,8-,9-,10+/m0/s1. The molecule has 0 aromatic rings. The highest BCUT2D eigenvalue weighted by molar-refractivity contribution is 5.33. The van der Waals surface area contributed by atoms with Gasteiger partial charge < -0.3 is 4.74 Å². The van der Waals surface area contributed by atoms with E-state index in [0.29, 0.717) is 0 Å². The Morgan fingerprint density at radius 3 is 1.77 bits per heavy atom. The molecule has 2 aliphatic rings. The summed E-state index contributed by atoms with van der Waals surface area (Å²) in [5, 5.41) is 17.9. The Bertz CT molecular complexity index is 328. The van der Waals surface area contributed by atoms with E-state index in [1.54, 1.807) is 0 Å². The normalized spacial score (nSPS) is 51.7. The van der Waals surface area contributed by atoms with E-state index in [1.165, 1.54) is 0 Å². The molecule has 0 N–H and O–H groups in total. The van der Waals surface area contributed by atoms with Crippen molar-refractivity contribution in [2.24, 2.45) is 11.8 Å². The van der Waals surface area contributed by atoms with Crippen LogP contribution < -0.4 is 0 Å². The Hall–Kier alpha value is -1.32. The zero-order chi connectivity index (χ0) is 9.69. The number of hydrogen-bond acceptors (Lipinski definition) is 3. The highest BCUT2D eigenvalue weighted by Gasteiger charge is 2.60. The van der Waals surface area contributed by atoms with Crippen LogP contribution in [0.1, 0.15) is 13.8 Å². The summed E-state index contributed by atoms with van der Waals surface area (Å²) in [7, 11) is 0. The first kappa shape index (κ1) is 8.29. The summed E-state index contributed by atoms with van der Waals surface area (Å²) in [4.78, 5) is 0. The summed E-state index contributed by atoms with van der Waals surface area (Å²) in [6.45, 7) is 3.72. The second-order valence-corrected chi connectivity index (χ2v) is 4.02. The van der Waals surface area contributed by atoms with Crippen molar-refractivity contribution in [3.8, 4) is 12.1 Å². The SMILES string of the molecule is C[C@]12C=C[C@](C)(O1)[C@@H](C#N)[C@@H]2C#N. The maximum atomic E-state index is 8.95. The summed E-state index contributed by atoms with van der Waals surface area (Å²) in [6, 6.07) is 4.33. The van der Waals surface area contributed by atoms with Crippen LogP contribution in [0.4, 0.5) is 0 Å². The minimum Gasteiger partial charge on any atom is -0.358 e. The molecule has 2 rings (SSSR count). The molecule has 2 heterocycles. The number of fused-ring (bicyclic) bond motifs is 2. The van der Waals surface area contributed by atoms with Gasteiger partial charge in [-0.05, 0) is 13.8 Å². The van der Waals surface area contributed by atoms with Gasteiger partial charge >= 0.3 is 0 Å². The monoisotopic (exact) mass is 174 g/mol. The van der Waals surface area contributed by atoms with Crippen LogP contribution in [-0.4, -0.2) is 11.2 Å². The van der Waals surface area contributed by atoms with Crippen molar-refractivity contribution >= 4 is 0 Å². The van der Waals surface area contributed by atoms with Gasteiger partial charge in [0.2, 0.25) is 0 Å². The van der Waals surface area contributed by atoms with Crippen molar-refractivity contribution in [1.29, 1.82) is 10.5 Å². The summed E-state index contributed by atoms with van der Waals surface area (Å²) >= 11 is 0. The summed E-state index contributed by atoms with van der Waals surface area (Å²) in [6.07, 6.45) is 3.80. The molecule has 2 bridgehead atoms. The molecule has 3 nitrogen and oxygen atoms in total. The first-order valence-electron chi connectivity index (χ1n) is 4.25. The van der Waals surface area contributed by atoms with E-state index in [0.717, 1.165) is 0 Å². The molecule has 0 aromatic heterocycles. The van der Waals surface area contributed by atoms with E-state index >= 15 is 0 Å². The van der Waals surface area contributed by atoms with Gasteiger partial charge in [0, 0.05) is 0 Å². The third kappa shape index (κ3) is 0.802. The van der Waals surface area contributed by atoms with Crippen molar-refractivity contribution in [1.82, 2.24) is 0 Å². The van der Waals surface area contributed by atoms with Gasteiger partial charge in [0.1, 0.15) is 11.2 Å². The molecule has 3 heteroatoms. The van der Waals surface area contributed by atoms with Gasteiger partial charge in [-0.15, -0.1) is 0 Å². The second-order valence-electron chi connectivity index (χ2n) is 4.02. The van der Waals surface area contributed by atoms with Gasteiger partial charge in [-0.1, -0.05) is 12.2 Å². The molecule has 1 saturated heterocycles. The fraction of sp³-hybridized carbons (Fsp3) is 0.600. The molecule has 66 valence electrons. The lowest BCUT2D eigenvalue weighted by Gasteiger charge is -2.22. The number of ether oxygens (including phenoxy) is 1. The average molecular weight is 174 g/mol. The highest BCUT2D eigenvalue weighted by Crippen LogP contribution is 2.52. The predicted octanol–water partition coefficient (Wildman–Crippen LogP) is 1.38. The number of hydrogen-bond donors (Lipinski definition) is 0. The van der Waals surface area contributed by atoms with E-state index in [9.17, 15) is 0 Å². The molecule has 4 atom stereocenters. The van der Waals surface area contributed by atoms with Crippen LogP contribution in [0.25, 0.3) is 0 Å². The van der Waals surface area contributed by atoms with Crippen molar-refractivity contribution < 1.29 is 4.74 Å². The first-order valence-corrected chi connectivity index (χ1v) is 4.25. The zero-order valence-corrected chi connectivity index (χ0v) is 7.61. The predicted molar refractivity (Wildman–Crippen MR) is 45.2 cm³/mol. The molecular weight excluding hydrogens is 164 g/mol. The molecule has 1 fully saturated rings. The molecule has 0 amide bonds. The fourth-order valence-electron chi connectivity index (χ4n) is 2.27. The summed E-state index contributed by atoms with van der Waals surface area (Å²) in [5.41, 5.74) is -1.10. The third-order valence-electron chi connectivity index (χ3n) is 3.03. The van der Waals surface area contributed by atoms with Crippen LogP contribution in [0.3, 0.4) is 0 Å². The second kappa shape index (κ2) is 2.13. The molecule has 0 radical (unpaired) electrons. The van der Waals surface area contributed by atoms with Crippen molar-refractivity contribution in [2.75, 3.05) is 0 Å². The van der Waals surface area contributed by atoms with Crippen molar-refractivity contribution in [3.63, 3.8) is 0 Å². The Kier molecular flexibility index (Phi) is 1.36. The fourth-order valence-corrected chi connectivity index (χ4v) is 2.27. The quantitative estimate of drug-likeness (QED) is 0.521. The highest BCUT2D eigenvalue weighted by atomic mass is 16.5. The van der Waals surface area contributed by atoms with Crippen molar-refractivity contribution in [3.05, 3.63) is 12.2 Å². The van der Waals surface area contributed by atoms with Gasteiger partial charge in [0.15, 0.2) is 0 Å². The zero-order valence-electron chi connectivity index (χ0n) is 7.61. The van der Waals surface area contributed by atoms with Crippen LogP contribution in [0.15, 0.2) is 12.2 Å². The largest absolute Gasteiger partial charge is 0.358 e. The molecule has 0 aliphatic carbocycles. The topological polar surface area (TPSA) is 56.8 Å². The van der Waals surface area contributed by atoms with Gasteiger partial charge in [-0.2, -0.15) is 10.5 Å². The van der Waals surface area contributed by atoms with Crippen LogP contribution >= 0.6 is 0 Å². The van der Waals surface area contributed by atoms with Gasteiger partial charge in [-0.25, -0.2) is 0 Å². The molecule has 2 aliphatic heterocycles. The van der Waals surface area contributed by atoms with E-state index in [2.05, 4.69) is 12.1 Å². The van der Waals surface area contributed by atoms with Gasteiger partial charge in [0.25, 0.3) is 0 Å². The lowest BCUT2D eigenvalue weighted by Crippen LogP contribution is -2.32. The Morgan fingerprint density at radius 1 is 1.08 bits per heavy atom. The Morgan fingerprint density at radius 2 is 1.46 bits per heavy atom. The average Bonchev–Trinajstić information content (AvgIpc) is 2.49. The van der Waals surface area contributed by atoms with Gasteiger partial charge in [-0.3, -0.25) is 0 Å². The van der Waals surface area contributed by atoms with E-state index in [-0.39, 0.29) is 11.8 Å². The Balaban J connectivity index is 2.51. The summed E-state index contributed by atoms with van der Waals surface area (Å²) in [5.74, 6) is -0.681. The molecule has 13 heavy (non-hydrogen) atoms. The minimum absolute atomic E-state index is 0.340. The van der Waals surface area contributed by atoms with Crippen LogP contribution in [0, 0.1) is 34.5 Å². The Labute approximate surface area is 77.2 Å². The maximum Gasteiger partial charge on any atom is 0.102 e. The lowest BCUT2D eigenvalue weighted by molar-refractivity contribution is -0.0205. The summed E-state index contributed by atoms with van der Waals surface area (Å²) < 4.78 is 5.70. The molecule has 0 unspecified atom stereocenters. The molecule has 0 aromatic carbocycles. The third-order valence-corrected chi connectivity index (χ3v) is 3.03. The lowest BCUT2D eigenvalue weighted by atomic mass is 9.73. The number of nitriles is 2. The van der Waals surface area contributed by atoms with E-state index in [1.807, 2.05) is 26.0 Å². The van der Waals surface area contributed by atoms with Crippen LogP contribution in [-0.2, 0) is 4.74 Å². The van der Waals surface area contributed by atoms with Crippen molar-refractivity contribution in [2.45, 2.75) is 25.0 Å². The van der Waals surface area contributed by atoms with E-state index < -0.39 is 11.2 Å². The minimum atomic E-state index is -0.552. The van der Waals surface area contributed by atoms with E-state index in [4.69, 9.17) is 15.3 Å². The smallest absolute Gasteiger partial charge is 0.102 e. The molecular formula is C10H10N2O. The van der Waals surface area contributed by atoms with Crippen LogP contribution in [0.2, 0.25) is 0 Å². The van der Waals surface area contributed by atoms with Crippen LogP contribution in [0.5, 0.6) is 0 Å². The first-order chi connectivity index (χ1) is 6.06. The van der Waals surface area contributed by atoms with Gasteiger partial charge in [0.05, 0.1) is 24.0 Å². The maximum absolute atomic E-state index is 8.95.